The summed E-state index contributed by atoms with van der Waals surface area (Å²) < 4.78 is 44.8. The van der Waals surface area contributed by atoms with Gasteiger partial charge in [-0.3, -0.25) is 5.01 Å². The number of halogens is 3. The van der Waals surface area contributed by atoms with Crippen molar-refractivity contribution in [1.29, 1.82) is 0 Å². The van der Waals surface area contributed by atoms with E-state index in [1.54, 1.807) is 19.1 Å². The summed E-state index contributed by atoms with van der Waals surface area (Å²) in [4.78, 5) is 4.54. The summed E-state index contributed by atoms with van der Waals surface area (Å²) in [5, 5.41) is 2.81. The minimum Gasteiger partial charge on any atom is -0.494 e. The molecule has 25 heavy (non-hydrogen) atoms. The van der Waals surface area contributed by atoms with Crippen LogP contribution in [0, 0.1) is 0 Å². The molecule has 1 aromatic carbocycles. The molecule has 0 N–H and O–H groups in total. The van der Waals surface area contributed by atoms with Gasteiger partial charge in [0, 0.05) is 17.8 Å². The van der Waals surface area contributed by atoms with E-state index in [0.29, 0.717) is 23.8 Å². The Morgan fingerprint density at radius 2 is 2.08 bits per heavy atom. The number of rotatable bonds is 4. The zero-order valence-electron chi connectivity index (χ0n) is 14.3. The van der Waals surface area contributed by atoms with Gasteiger partial charge in [-0.2, -0.15) is 18.2 Å². The highest BCUT2D eigenvalue weighted by atomic mass is 19.4. The van der Waals surface area contributed by atoms with Crippen LogP contribution in [-0.2, 0) is 0 Å². The standard InChI is InChI=1S/C18H20F3N3O/c1-4-25-15-7-5-6-14(11-15)16-10-12(2)24-17(22-16)8-9-23(24)13(3)18(19,20)21/h5-8,10-11,13H,4,9H2,1-3H3. The first-order valence-corrected chi connectivity index (χ1v) is 8.15. The predicted octanol–water partition coefficient (Wildman–Crippen LogP) is 4.12. The molecule has 0 aliphatic carbocycles. The summed E-state index contributed by atoms with van der Waals surface area (Å²) in [6, 6.07) is 5.95. The fraction of sp³-hybridized carbons (Fsp3) is 0.389. The van der Waals surface area contributed by atoms with Gasteiger partial charge in [0.25, 0.3) is 0 Å². The molecule has 1 atom stereocenters. The number of fused-ring (bicyclic) bond motifs is 1. The van der Waals surface area contributed by atoms with Crippen LogP contribution in [0.25, 0.3) is 0 Å². The number of hydrogen-bond acceptors (Lipinski definition) is 4. The van der Waals surface area contributed by atoms with Gasteiger partial charge in [-0.25, -0.2) is 4.99 Å². The molecule has 0 spiro atoms. The average Bonchev–Trinajstić information content (AvgIpc) is 2.98. The Kier molecular flexibility index (Phi) is 4.60. The minimum absolute atomic E-state index is 0.178. The summed E-state index contributed by atoms with van der Waals surface area (Å²) in [5.74, 6) is 1.26. The van der Waals surface area contributed by atoms with E-state index in [-0.39, 0.29) is 6.54 Å². The molecule has 2 aliphatic rings. The van der Waals surface area contributed by atoms with E-state index >= 15 is 0 Å². The topological polar surface area (TPSA) is 28.1 Å². The molecular weight excluding hydrogens is 331 g/mol. The molecule has 0 aromatic heterocycles. The second-order valence-corrected chi connectivity index (χ2v) is 5.96. The van der Waals surface area contributed by atoms with Crippen molar-refractivity contribution in [2.75, 3.05) is 13.2 Å². The van der Waals surface area contributed by atoms with Crippen LogP contribution in [0.15, 0.2) is 52.9 Å². The lowest BCUT2D eigenvalue weighted by Crippen LogP contribution is -2.49. The second kappa shape index (κ2) is 6.55. The van der Waals surface area contributed by atoms with Gasteiger partial charge in [0.15, 0.2) is 0 Å². The molecule has 7 heteroatoms. The molecule has 0 fully saturated rings. The third kappa shape index (κ3) is 3.42. The highest BCUT2D eigenvalue weighted by molar-refractivity contribution is 6.10. The van der Waals surface area contributed by atoms with Crippen LogP contribution >= 0.6 is 0 Å². The van der Waals surface area contributed by atoms with E-state index < -0.39 is 12.2 Å². The van der Waals surface area contributed by atoms with Crippen LogP contribution in [0.1, 0.15) is 26.3 Å². The van der Waals surface area contributed by atoms with Crippen molar-refractivity contribution in [2.24, 2.45) is 4.99 Å². The molecule has 4 nitrogen and oxygen atoms in total. The quantitative estimate of drug-likeness (QED) is 0.817. The fourth-order valence-corrected chi connectivity index (χ4v) is 2.93. The lowest BCUT2D eigenvalue weighted by molar-refractivity contribution is -0.201. The number of hydrazine groups is 1. The summed E-state index contributed by atoms with van der Waals surface area (Å²) in [7, 11) is 0. The molecule has 1 unspecified atom stereocenters. The maximum absolute atomic E-state index is 13.1. The zero-order chi connectivity index (χ0) is 18.2. The summed E-state index contributed by atoms with van der Waals surface area (Å²) in [6.07, 6.45) is -0.783. The van der Waals surface area contributed by atoms with Gasteiger partial charge in [0.2, 0.25) is 0 Å². The van der Waals surface area contributed by atoms with Gasteiger partial charge in [0.05, 0.1) is 12.3 Å². The highest BCUT2D eigenvalue weighted by Crippen LogP contribution is 2.34. The maximum atomic E-state index is 13.1. The SMILES string of the molecule is CCOc1cccc(C2=NC3=CCN(C(C)C(F)(F)F)N3C(C)=C2)c1. The van der Waals surface area contributed by atoms with Gasteiger partial charge in [-0.15, -0.1) is 0 Å². The third-order valence-electron chi connectivity index (χ3n) is 4.21. The van der Waals surface area contributed by atoms with Crippen molar-refractivity contribution in [3.63, 3.8) is 0 Å². The number of allylic oxidation sites excluding steroid dienone is 2. The molecule has 2 aliphatic heterocycles. The van der Waals surface area contributed by atoms with Crippen LogP contribution in [0.5, 0.6) is 5.75 Å². The van der Waals surface area contributed by atoms with Crippen molar-refractivity contribution in [3.05, 3.63) is 53.5 Å². The van der Waals surface area contributed by atoms with E-state index in [4.69, 9.17) is 4.74 Å². The summed E-state index contributed by atoms with van der Waals surface area (Å²) in [5.41, 5.74) is 2.28. The van der Waals surface area contributed by atoms with Crippen LogP contribution in [0.3, 0.4) is 0 Å². The number of alkyl halides is 3. The van der Waals surface area contributed by atoms with Crippen LogP contribution < -0.4 is 4.74 Å². The maximum Gasteiger partial charge on any atom is 0.405 e. The Balaban J connectivity index is 1.88. The number of benzene rings is 1. The van der Waals surface area contributed by atoms with Crippen molar-refractivity contribution in [2.45, 2.75) is 33.0 Å². The molecule has 134 valence electrons. The van der Waals surface area contributed by atoms with Crippen LogP contribution in [0.2, 0.25) is 0 Å². The molecule has 0 saturated heterocycles. The van der Waals surface area contributed by atoms with Gasteiger partial charge < -0.3 is 4.74 Å². The van der Waals surface area contributed by atoms with Crippen molar-refractivity contribution in [1.82, 2.24) is 10.0 Å². The lowest BCUT2D eigenvalue weighted by Gasteiger charge is -2.38. The lowest BCUT2D eigenvalue weighted by atomic mass is 10.1. The molecule has 3 rings (SSSR count). The van der Waals surface area contributed by atoms with Gasteiger partial charge in [0.1, 0.15) is 17.6 Å². The number of aliphatic imine (C=N–C) groups is 1. The molecule has 1 aromatic rings. The molecule has 0 saturated carbocycles. The summed E-state index contributed by atoms with van der Waals surface area (Å²) >= 11 is 0. The third-order valence-corrected chi connectivity index (χ3v) is 4.21. The van der Waals surface area contributed by atoms with E-state index in [0.717, 1.165) is 18.2 Å². The number of hydrogen-bond donors (Lipinski definition) is 0. The minimum atomic E-state index is -4.29. The fourth-order valence-electron chi connectivity index (χ4n) is 2.93. The Hall–Kier alpha value is -2.28. The van der Waals surface area contributed by atoms with Crippen LogP contribution in [0.4, 0.5) is 13.2 Å². The smallest absolute Gasteiger partial charge is 0.405 e. The van der Waals surface area contributed by atoms with Crippen molar-refractivity contribution >= 4 is 5.71 Å². The van der Waals surface area contributed by atoms with E-state index in [9.17, 15) is 13.2 Å². The Bertz CT molecular complexity index is 752. The monoisotopic (exact) mass is 351 g/mol. The van der Waals surface area contributed by atoms with Gasteiger partial charge in [-0.05, 0) is 45.1 Å². The number of ether oxygens (including phenoxy) is 1. The first-order chi connectivity index (χ1) is 11.8. The van der Waals surface area contributed by atoms with E-state index in [1.165, 1.54) is 10.0 Å². The van der Waals surface area contributed by atoms with Gasteiger partial charge in [-0.1, -0.05) is 12.1 Å². The Morgan fingerprint density at radius 3 is 2.76 bits per heavy atom. The molecule has 0 bridgehead atoms. The zero-order valence-corrected chi connectivity index (χ0v) is 14.3. The first-order valence-electron chi connectivity index (χ1n) is 8.15. The van der Waals surface area contributed by atoms with Crippen molar-refractivity contribution in [3.8, 4) is 5.75 Å². The van der Waals surface area contributed by atoms with Crippen molar-refractivity contribution < 1.29 is 17.9 Å². The second-order valence-electron chi connectivity index (χ2n) is 5.96. The Morgan fingerprint density at radius 1 is 1.32 bits per heavy atom. The number of nitrogens with zero attached hydrogens (tertiary/aromatic N) is 3. The van der Waals surface area contributed by atoms with E-state index in [1.807, 2.05) is 31.2 Å². The summed E-state index contributed by atoms with van der Waals surface area (Å²) in [6.45, 7) is 5.60. The first kappa shape index (κ1) is 17.5. The normalized spacial score (nSPS) is 19.1. The Labute approximate surface area is 144 Å². The molecule has 0 radical (unpaired) electrons. The molecular formula is C18H20F3N3O. The van der Waals surface area contributed by atoms with E-state index in [2.05, 4.69) is 4.99 Å². The van der Waals surface area contributed by atoms with Gasteiger partial charge >= 0.3 is 6.18 Å². The average molecular weight is 351 g/mol. The predicted molar refractivity (Wildman–Crippen MR) is 90.1 cm³/mol. The van der Waals surface area contributed by atoms with Crippen LogP contribution in [-0.4, -0.2) is 41.1 Å². The molecule has 0 amide bonds. The largest absolute Gasteiger partial charge is 0.494 e. The highest BCUT2D eigenvalue weighted by Gasteiger charge is 2.45. The molecule has 2 heterocycles.